The van der Waals surface area contributed by atoms with Crippen LogP contribution < -0.4 is 0 Å². The van der Waals surface area contributed by atoms with E-state index in [0.29, 0.717) is 19.6 Å². The van der Waals surface area contributed by atoms with Gasteiger partial charge >= 0.3 is 0 Å². The average molecular weight is 429 g/mol. The molecule has 0 saturated heterocycles. The van der Waals surface area contributed by atoms with Gasteiger partial charge in [0.25, 0.3) is 5.91 Å². The highest BCUT2D eigenvalue weighted by atomic mass is 16.3. The van der Waals surface area contributed by atoms with Gasteiger partial charge in [0, 0.05) is 44.5 Å². The molecule has 2 aliphatic rings. The molecule has 0 aliphatic carbocycles. The van der Waals surface area contributed by atoms with Gasteiger partial charge in [-0.2, -0.15) is 10.2 Å². The number of aliphatic hydroxyl groups is 1. The number of hydrogen-bond acceptors (Lipinski definition) is 5. The van der Waals surface area contributed by atoms with Crippen LogP contribution in [0, 0.1) is 0 Å². The van der Waals surface area contributed by atoms with Crippen molar-refractivity contribution in [1.82, 2.24) is 20.0 Å². The third-order valence-electron chi connectivity index (χ3n) is 6.51. The predicted octanol–water partition coefficient (Wildman–Crippen LogP) is 2.48. The fraction of sp³-hybridized carbons (Fsp3) is 0.346. The summed E-state index contributed by atoms with van der Waals surface area (Å²) in [6.07, 6.45) is 5.43. The Morgan fingerprint density at radius 1 is 0.906 bits per heavy atom. The van der Waals surface area contributed by atoms with E-state index in [4.69, 9.17) is 0 Å². The number of β-amino-alcohol motifs (C(OH)–C–C–N with tert-alkyl or cyclic N) is 1. The van der Waals surface area contributed by atoms with Crippen molar-refractivity contribution in [2.24, 2.45) is 0 Å². The number of hydrogen-bond donors (Lipinski definition) is 1. The third-order valence-corrected chi connectivity index (χ3v) is 6.51. The van der Waals surface area contributed by atoms with Crippen molar-refractivity contribution in [3.63, 3.8) is 0 Å². The molecule has 32 heavy (non-hydrogen) atoms. The normalized spacial score (nSPS) is 17.0. The van der Waals surface area contributed by atoms with Crippen LogP contribution in [0.2, 0.25) is 0 Å². The molecule has 6 heteroatoms. The van der Waals surface area contributed by atoms with Crippen molar-refractivity contribution in [3.05, 3.63) is 94.3 Å². The molecule has 3 heterocycles. The summed E-state index contributed by atoms with van der Waals surface area (Å²) in [6, 6.07) is 16.6. The minimum atomic E-state index is -0.558. The lowest BCUT2D eigenvalue weighted by molar-refractivity contribution is 0.0492. The van der Waals surface area contributed by atoms with Crippen LogP contribution in [0.15, 0.2) is 60.9 Å². The topological polar surface area (TPSA) is 69.6 Å². The summed E-state index contributed by atoms with van der Waals surface area (Å²) in [6.45, 7) is 3.41. The molecular formula is C26H28N4O2. The standard InChI is InChI=1S/C26H28N4O2/c31-24(17-29-11-8-21-3-1-2-4-23(21)16-29)18-30-12-9-22-6-5-19(14-25(22)26(30)32)13-20-7-10-27-28-15-20/h1-7,10,14-15,24,31H,8-9,11-13,16-18H2/t24-/m1/s1. The number of aliphatic hydroxyl groups excluding tert-OH is 1. The first-order valence-electron chi connectivity index (χ1n) is 11.3. The Hall–Kier alpha value is -3.09. The molecule has 3 aromatic rings. The Labute approximate surface area is 188 Å². The fourth-order valence-electron chi connectivity index (χ4n) is 4.83. The van der Waals surface area contributed by atoms with Gasteiger partial charge in [-0.3, -0.25) is 9.69 Å². The predicted molar refractivity (Wildman–Crippen MR) is 122 cm³/mol. The maximum Gasteiger partial charge on any atom is 0.254 e. The van der Waals surface area contributed by atoms with E-state index in [2.05, 4.69) is 51.5 Å². The maximum atomic E-state index is 13.2. The van der Waals surface area contributed by atoms with E-state index < -0.39 is 6.10 Å². The van der Waals surface area contributed by atoms with E-state index in [9.17, 15) is 9.90 Å². The lowest BCUT2D eigenvalue weighted by Gasteiger charge is -2.34. The highest BCUT2D eigenvalue weighted by molar-refractivity contribution is 5.97. The molecule has 0 unspecified atom stereocenters. The van der Waals surface area contributed by atoms with Crippen molar-refractivity contribution in [2.45, 2.75) is 31.9 Å². The lowest BCUT2D eigenvalue weighted by atomic mass is 9.94. The van der Waals surface area contributed by atoms with E-state index in [1.54, 1.807) is 12.4 Å². The van der Waals surface area contributed by atoms with Gasteiger partial charge in [0.05, 0.1) is 12.3 Å². The van der Waals surface area contributed by atoms with Gasteiger partial charge in [0.1, 0.15) is 0 Å². The van der Waals surface area contributed by atoms with Crippen LogP contribution >= 0.6 is 0 Å². The Morgan fingerprint density at radius 3 is 2.59 bits per heavy atom. The molecule has 6 nitrogen and oxygen atoms in total. The quantitative estimate of drug-likeness (QED) is 0.653. The summed E-state index contributed by atoms with van der Waals surface area (Å²) >= 11 is 0. The van der Waals surface area contributed by atoms with Gasteiger partial charge in [0.2, 0.25) is 0 Å². The van der Waals surface area contributed by atoms with Crippen LogP contribution in [0.4, 0.5) is 0 Å². The second kappa shape index (κ2) is 9.18. The molecule has 1 N–H and O–H groups in total. The smallest absolute Gasteiger partial charge is 0.254 e. The summed E-state index contributed by atoms with van der Waals surface area (Å²) < 4.78 is 0. The van der Waals surface area contributed by atoms with Gasteiger partial charge in [-0.15, -0.1) is 0 Å². The summed E-state index contributed by atoms with van der Waals surface area (Å²) in [7, 11) is 0. The number of benzene rings is 2. The van der Waals surface area contributed by atoms with Crippen LogP contribution in [-0.4, -0.2) is 63.3 Å². The second-order valence-electron chi connectivity index (χ2n) is 8.83. The van der Waals surface area contributed by atoms with Crippen molar-refractivity contribution in [3.8, 4) is 0 Å². The molecule has 0 fully saturated rings. The van der Waals surface area contributed by atoms with Crippen LogP contribution in [0.5, 0.6) is 0 Å². The largest absolute Gasteiger partial charge is 0.390 e. The van der Waals surface area contributed by atoms with Gasteiger partial charge in [-0.1, -0.05) is 36.4 Å². The van der Waals surface area contributed by atoms with Gasteiger partial charge in [-0.05, 0) is 59.2 Å². The lowest BCUT2D eigenvalue weighted by Crippen LogP contribution is -2.46. The average Bonchev–Trinajstić information content (AvgIpc) is 2.82. The number of carbonyl (C=O) groups excluding carboxylic acids is 1. The number of carbonyl (C=O) groups is 1. The number of aromatic nitrogens is 2. The van der Waals surface area contributed by atoms with Gasteiger partial charge < -0.3 is 10.0 Å². The van der Waals surface area contributed by atoms with Crippen LogP contribution in [0.3, 0.4) is 0 Å². The van der Waals surface area contributed by atoms with E-state index >= 15 is 0 Å². The van der Waals surface area contributed by atoms with Crippen LogP contribution in [0.25, 0.3) is 0 Å². The highest BCUT2D eigenvalue weighted by Crippen LogP contribution is 2.23. The molecule has 0 radical (unpaired) electrons. The fourth-order valence-corrected chi connectivity index (χ4v) is 4.83. The molecule has 5 rings (SSSR count). The Kier molecular flexibility index (Phi) is 5.97. The van der Waals surface area contributed by atoms with Crippen LogP contribution in [0.1, 0.15) is 38.2 Å². The SMILES string of the molecule is O=C1c2cc(Cc3ccnnc3)ccc2CCN1C[C@H](O)CN1CCc2ccccc2C1. The highest BCUT2D eigenvalue weighted by Gasteiger charge is 2.27. The van der Waals surface area contributed by atoms with Gasteiger partial charge in [-0.25, -0.2) is 0 Å². The second-order valence-corrected chi connectivity index (χ2v) is 8.83. The molecule has 0 bridgehead atoms. The van der Waals surface area contributed by atoms with Crippen molar-refractivity contribution in [2.75, 3.05) is 26.2 Å². The zero-order chi connectivity index (χ0) is 21.9. The Bertz CT molecular complexity index is 1100. The summed E-state index contributed by atoms with van der Waals surface area (Å²) in [5.74, 6) is 0.0176. The molecule has 0 saturated carbocycles. The van der Waals surface area contributed by atoms with E-state index in [1.807, 2.05) is 17.0 Å². The molecule has 2 aliphatic heterocycles. The molecular weight excluding hydrogens is 400 g/mol. The van der Waals surface area contributed by atoms with Crippen LogP contribution in [-0.2, 0) is 25.8 Å². The minimum Gasteiger partial charge on any atom is -0.390 e. The number of nitrogens with zero attached hydrogens (tertiary/aromatic N) is 4. The molecule has 164 valence electrons. The van der Waals surface area contributed by atoms with E-state index in [1.165, 1.54) is 11.1 Å². The molecule has 1 atom stereocenters. The summed E-state index contributed by atoms with van der Waals surface area (Å²) in [4.78, 5) is 17.3. The zero-order valence-corrected chi connectivity index (χ0v) is 18.2. The summed E-state index contributed by atoms with van der Waals surface area (Å²) in [5.41, 5.74) is 6.74. The zero-order valence-electron chi connectivity index (χ0n) is 18.2. The molecule has 1 aromatic heterocycles. The molecule has 1 amide bonds. The van der Waals surface area contributed by atoms with Gasteiger partial charge in [0.15, 0.2) is 0 Å². The first-order valence-corrected chi connectivity index (χ1v) is 11.3. The number of amides is 1. The van der Waals surface area contributed by atoms with Crippen molar-refractivity contribution >= 4 is 5.91 Å². The number of rotatable bonds is 6. The maximum absolute atomic E-state index is 13.2. The molecule has 0 spiro atoms. The third kappa shape index (κ3) is 4.56. The Balaban J connectivity index is 1.22. The molecule has 2 aromatic carbocycles. The monoisotopic (exact) mass is 428 g/mol. The minimum absolute atomic E-state index is 0.0176. The first-order chi connectivity index (χ1) is 15.7. The first kappa shape index (κ1) is 20.8. The Morgan fingerprint density at radius 2 is 1.75 bits per heavy atom. The van der Waals surface area contributed by atoms with E-state index in [-0.39, 0.29) is 5.91 Å². The number of fused-ring (bicyclic) bond motifs is 2. The van der Waals surface area contributed by atoms with Crippen molar-refractivity contribution in [1.29, 1.82) is 0 Å². The van der Waals surface area contributed by atoms with Crippen molar-refractivity contribution < 1.29 is 9.90 Å². The van der Waals surface area contributed by atoms with E-state index in [0.717, 1.165) is 54.6 Å². The summed E-state index contributed by atoms with van der Waals surface area (Å²) in [5, 5.41) is 18.5.